The number of hydrogen-bond donors (Lipinski definition) is 1. The van der Waals surface area contributed by atoms with Crippen LogP contribution in [0.15, 0.2) is 42.6 Å². The first-order valence-corrected chi connectivity index (χ1v) is 8.63. The third-order valence-corrected chi connectivity index (χ3v) is 4.69. The number of carbonyl (C=O) groups is 2. The summed E-state index contributed by atoms with van der Waals surface area (Å²) in [5, 5.41) is 1.69. The topological polar surface area (TPSA) is 68.3 Å². The van der Waals surface area contributed by atoms with Crippen molar-refractivity contribution in [1.82, 2.24) is 10.3 Å². The van der Waals surface area contributed by atoms with Crippen molar-refractivity contribution < 1.29 is 14.3 Å². The van der Waals surface area contributed by atoms with Gasteiger partial charge in [0.2, 0.25) is 5.91 Å². The molecular formula is C18H19ClN2O3S. The molecule has 1 aliphatic rings. The number of nitrogens with one attached hydrogen (secondary N) is 1. The summed E-state index contributed by atoms with van der Waals surface area (Å²) < 4.78 is 5.72. The van der Waals surface area contributed by atoms with Gasteiger partial charge in [0.25, 0.3) is 5.24 Å². The van der Waals surface area contributed by atoms with Crippen molar-refractivity contribution in [2.24, 2.45) is 0 Å². The molecule has 1 aromatic heterocycles. The van der Waals surface area contributed by atoms with E-state index in [-0.39, 0.29) is 28.8 Å². The summed E-state index contributed by atoms with van der Waals surface area (Å²) in [5.74, 6) is 0.571. The number of benzene rings is 1. The molecular weight excluding hydrogens is 360 g/mol. The zero-order valence-electron chi connectivity index (χ0n) is 13.7. The predicted octanol–water partition coefficient (Wildman–Crippen LogP) is 3.33. The quantitative estimate of drug-likeness (QED) is 0.835. The van der Waals surface area contributed by atoms with Gasteiger partial charge in [-0.05, 0) is 42.7 Å². The third kappa shape index (κ3) is 5.47. The summed E-state index contributed by atoms with van der Waals surface area (Å²) in [6.45, 7) is 2.57. The fraction of sp³-hybridized carbons (Fsp3) is 0.278. The van der Waals surface area contributed by atoms with Gasteiger partial charge in [0.15, 0.2) is 0 Å². The summed E-state index contributed by atoms with van der Waals surface area (Å²) >= 11 is 1.05. The van der Waals surface area contributed by atoms with E-state index in [4.69, 9.17) is 4.74 Å². The second-order valence-corrected chi connectivity index (χ2v) is 6.83. The fourth-order valence-electron chi connectivity index (χ4n) is 2.38. The van der Waals surface area contributed by atoms with Gasteiger partial charge < -0.3 is 4.74 Å². The highest BCUT2D eigenvalue weighted by Crippen LogP contribution is 2.23. The summed E-state index contributed by atoms with van der Waals surface area (Å²) in [7, 11) is 0. The van der Waals surface area contributed by atoms with Crippen molar-refractivity contribution in [2.75, 3.05) is 6.61 Å². The first kappa shape index (κ1) is 19.3. The molecule has 5 nitrogen and oxygen atoms in total. The smallest absolute Gasteiger partial charge is 0.286 e. The second-order valence-electron chi connectivity index (χ2n) is 5.66. The van der Waals surface area contributed by atoms with E-state index in [0.29, 0.717) is 13.0 Å². The number of imide groups is 1. The van der Waals surface area contributed by atoms with Crippen LogP contribution in [0.4, 0.5) is 4.79 Å². The molecule has 132 valence electrons. The molecule has 0 spiro atoms. The van der Waals surface area contributed by atoms with Crippen molar-refractivity contribution >= 4 is 35.3 Å². The van der Waals surface area contributed by atoms with Crippen molar-refractivity contribution in [3.63, 3.8) is 0 Å². The Kier molecular flexibility index (Phi) is 6.84. The summed E-state index contributed by atoms with van der Waals surface area (Å²) in [4.78, 5) is 27.1. The molecule has 1 atom stereocenters. The van der Waals surface area contributed by atoms with Gasteiger partial charge in [-0.15, -0.1) is 12.4 Å². The number of nitrogens with zero attached hydrogens (tertiary/aromatic N) is 1. The number of halogens is 1. The molecule has 2 heterocycles. The summed E-state index contributed by atoms with van der Waals surface area (Å²) in [6.07, 6.45) is 3.14. The molecule has 0 bridgehead atoms. The Hall–Kier alpha value is -2.05. The number of ether oxygens (including phenoxy) is 1. The van der Waals surface area contributed by atoms with Gasteiger partial charge >= 0.3 is 0 Å². The number of carbonyl (C=O) groups excluding carboxylic acids is 2. The Bertz CT molecular complexity index is 735. The third-order valence-electron chi connectivity index (χ3n) is 3.71. The molecule has 1 unspecified atom stereocenters. The van der Waals surface area contributed by atoms with E-state index in [2.05, 4.69) is 10.3 Å². The van der Waals surface area contributed by atoms with Crippen molar-refractivity contribution in [2.45, 2.75) is 25.0 Å². The van der Waals surface area contributed by atoms with E-state index in [1.807, 2.05) is 49.5 Å². The number of aromatic nitrogens is 1. The lowest BCUT2D eigenvalue weighted by molar-refractivity contribution is -0.118. The van der Waals surface area contributed by atoms with Crippen LogP contribution in [0.2, 0.25) is 0 Å². The van der Waals surface area contributed by atoms with E-state index in [9.17, 15) is 9.59 Å². The minimum atomic E-state index is -0.336. The van der Waals surface area contributed by atoms with Crippen LogP contribution in [0.5, 0.6) is 5.75 Å². The normalized spacial score (nSPS) is 16.3. The summed E-state index contributed by atoms with van der Waals surface area (Å²) in [5.41, 5.74) is 3.15. The number of thioether (sulfide) groups is 1. The number of rotatable bonds is 6. The van der Waals surface area contributed by atoms with Crippen LogP contribution in [0.3, 0.4) is 0 Å². The van der Waals surface area contributed by atoms with Gasteiger partial charge in [0, 0.05) is 18.3 Å². The molecule has 1 aliphatic heterocycles. The molecule has 1 fully saturated rings. The molecule has 25 heavy (non-hydrogen) atoms. The van der Waals surface area contributed by atoms with E-state index in [0.717, 1.165) is 40.8 Å². The van der Waals surface area contributed by atoms with E-state index >= 15 is 0 Å². The maximum atomic E-state index is 11.6. The Morgan fingerprint density at radius 3 is 2.52 bits per heavy atom. The second kappa shape index (κ2) is 8.87. The molecule has 2 amide bonds. The van der Waals surface area contributed by atoms with Crippen LogP contribution in [-0.2, 0) is 17.6 Å². The molecule has 0 aliphatic carbocycles. The highest BCUT2D eigenvalue weighted by molar-refractivity contribution is 8.15. The number of amides is 2. The largest absolute Gasteiger partial charge is 0.493 e. The van der Waals surface area contributed by atoms with Crippen LogP contribution in [0.25, 0.3) is 0 Å². The minimum Gasteiger partial charge on any atom is -0.493 e. The molecule has 2 aromatic rings. The number of aryl methyl sites for hydroxylation is 1. The molecule has 7 heteroatoms. The first-order valence-electron chi connectivity index (χ1n) is 7.75. The molecule has 1 aromatic carbocycles. The van der Waals surface area contributed by atoms with Crippen molar-refractivity contribution in [1.29, 1.82) is 0 Å². The maximum absolute atomic E-state index is 11.6. The highest BCUT2D eigenvalue weighted by atomic mass is 35.5. The molecule has 0 radical (unpaired) electrons. The Balaban J connectivity index is 0.00000225. The Morgan fingerprint density at radius 2 is 1.92 bits per heavy atom. The lowest BCUT2D eigenvalue weighted by Crippen LogP contribution is -2.25. The van der Waals surface area contributed by atoms with Gasteiger partial charge in [0.05, 0.1) is 11.9 Å². The lowest BCUT2D eigenvalue weighted by Gasteiger charge is -2.08. The predicted molar refractivity (Wildman–Crippen MR) is 100 cm³/mol. The highest BCUT2D eigenvalue weighted by Gasteiger charge is 2.31. The summed E-state index contributed by atoms with van der Waals surface area (Å²) in [6, 6.07) is 11.7. The average Bonchev–Trinajstić information content (AvgIpc) is 2.88. The molecule has 1 N–H and O–H groups in total. The monoisotopic (exact) mass is 378 g/mol. The van der Waals surface area contributed by atoms with Crippen LogP contribution < -0.4 is 10.1 Å². The first-order chi connectivity index (χ1) is 11.6. The minimum absolute atomic E-state index is 0. The molecule has 1 saturated heterocycles. The number of pyridine rings is 1. The van der Waals surface area contributed by atoms with Gasteiger partial charge in [-0.2, -0.15) is 0 Å². The van der Waals surface area contributed by atoms with E-state index in [1.165, 1.54) is 0 Å². The number of hydrogen-bond acceptors (Lipinski definition) is 5. The van der Waals surface area contributed by atoms with Gasteiger partial charge in [-0.1, -0.05) is 30.0 Å². The van der Waals surface area contributed by atoms with E-state index in [1.54, 1.807) is 0 Å². The molecule has 3 rings (SSSR count). The van der Waals surface area contributed by atoms with Crippen molar-refractivity contribution in [3.05, 3.63) is 59.4 Å². The van der Waals surface area contributed by atoms with Gasteiger partial charge in [-0.3, -0.25) is 19.9 Å². The Labute approximate surface area is 157 Å². The SMILES string of the molecule is Cc1ccc(CCOc2ccc(CC3SC(=O)NC3=O)cc2)nc1.Cl. The fourth-order valence-corrected chi connectivity index (χ4v) is 3.24. The molecule has 0 saturated carbocycles. The van der Waals surface area contributed by atoms with Gasteiger partial charge in [0.1, 0.15) is 5.75 Å². The van der Waals surface area contributed by atoms with E-state index < -0.39 is 0 Å². The van der Waals surface area contributed by atoms with Crippen LogP contribution in [0, 0.1) is 6.92 Å². The van der Waals surface area contributed by atoms with Crippen molar-refractivity contribution in [3.8, 4) is 5.75 Å². The average molecular weight is 379 g/mol. The zero-order valence-corrected chi connectivity index (χ0v) is 15.4. The lowest BCUT2D eigenvalue weighted by atomic mass is 10.1. The zero-order chi connectivity index (χ0) is 16.9. The standard InChI is InChI=1S/C18H18N2O3S.ClH/c1-12-2-5-14(19-11-12)8-9-23-15-6-3-13(4-7-15)10-16-17(21)20-18(22)24-16;/h2-7,11,16H,8-10H2,1H3,(H,20,21,22);1H. The van der Waals surface area contributed by atoms with Crippen LogP contribution >= 0.6 is 24.2 Å². The Morgan fingerprint density at radius 1 is 1.16 bits per heavy atom. The van der Waals surface area contributed by atoms with Gasteiger partial charge in [-0.25, -0.2) is 0 Å². The van der Waals surface area contributed by atoms with Crippen LogP contribution in [0.1, 0.15) is 16.8 Å². The maximum Gasteiger partial charge on any atom is 0.286 e. The van der Waals surface area contributed by atoms with Crippen LogP contribution in [-0.4, -0.2) is 28.0 Å².